The van der Waals surface area contributed by atoms with Crippen LogP contribution in [0.5, 0.6) is 0 Å². The van der Waals surface area contributed by atoms with Crippen LogP contribution in [0.25, 0.3) is 0 Å². The van der Waals surface area contributed by atoms with Gasteiger partial charge >= 0.3 is 5.97 Å². The highest BCUT2D eigenvalue weighted by molar-refractivity contribution is 6.02. The fourth-order valence-electron chi connectivity index (χ4n) is 1.68. The molecule has 1 heterocycles. The summed E-state index contributed by atoms with van der Waals surface area (Å²) in [5.41, 5.74) is 0.466. The molecule has 0 spiro atoms. The first-order chi connectivity index (χ1) is 9.58. The van der Waals surface area contributed by atoms with E-state index in [4.69, 9.17) is 5.11 Å². The molecule has 1 aromatic heterocycles. The minimum Gasteiger partial charge on any atom is -0.477 e. The first-order valence-corrected chi connectivity index (χ1v) is 5.87. The summed E-state index contributed by atoms with van der Waals surface area (Å²) in [6.45, 7) is 0.302. The molecule has 7 heteroatoms. The lowest BCUT2D eigenvalue weighted by Gasteiger charge is -2.04. The molecule has 0 unspecified atom stereocenters. The molecule has 0 atom stereocenters. The minimum absolute atomic E-state index is 0.156. The van der Waals surface area contributed by atoms with E-state index in [1.165, 1.54) is 12.1 Å². The molecule has 1 aromatic carbocycles. The van der Waals surface area contributed by atoms with E-state index in [0.717, 1.165) is 11.9 Å². The zero-order valence-corrected chi connectivity index (χ0v) is 10.4. The molecule has 0 aliphatic carbocycles. The lowest BCUT2D eigenvalue weighted by atomic mass is 10.1. The standard InChI is InChI=1S/C13H12FN3O3/c14-9-3-1-8(2-4-9)5-6-15-12(18)10-11(13(19)20)17-7-16-10/h1-4,7H,5-6H2,(H,15,18)(H,16,17)(H,19,20). The number of hydrogen-bond acceptors (Lipinski definition) is 3. The number of benzene rings is 1. The number of carboxylic acids is 1. The summed E-state index contributed by atoms with van der Waals surface area (Å²) >= 11 is 0. The second-order valence-electron chi connectivity index (χ2n) is 4.06. The number of H-pyrrole nitrogens is 1. The number of amides is 1. The van der Waals surface area contributed by atoms with Crippen LogP contribution in [0.2, 0.25) is 0 Å². The van der Waals surface area contributed by atoms with Crippen LogP contribution in [0.1, 0.15) is 26.5 Å². The molecule has 20 heavy (non-hydrogen) atoms. The molecule has 0 bridgehead atoms. The topological polar surface area (TPSA) is 95.1 Å². The normalized spacial score (nSPS) is 10.2. The van der Waals surface area contributed by atoms with Gasteiger partial charge in [0.15, 0.2) is 11.4 Å². The van der Waals surface area contributed by atoms with E-state index in [1.807, 2.05) is 0 Å². The molecule has 3 N–H and O–H groups in total. The maximum Gasteiger partial charge on any atom is 0.354 e. The number of carboxylic acid groups (broad SMARTS) is 1. The highest BCUT2D eigenvalue weighted by Gasteiger charge is 2.18. The SMILES string of the molecule is O=C(NCCc1ccc(F)cc1)c1nc[nH]c1C(=O)O. The van der Waals surface area contributed by atoms with E-state index in [0.29, 0.717) is 13.0 Å². The Morgan fingerprint density at radius 1 is 1.30 bits per heavy atom. The number of carbonyl (C=O) groups is 2. The molecule has 0 saturated heterocycles. The monoisotopic (exact) mass is 277 g/mol. The second kappa shape index (κ2) is 5.96. The van der Waals surface area contributed by atoms with Crippen molar-refractivity contribution in [3.8, 4) is 0 Å². The quantitative estimate of drug-likeness (QED) is 0.765. The number of nitrogens with zero attached hydrogens (tertiary/aromatic N) is 1. The first kappa shape index (κ1) is 13.7. The first-order valence-electron chi connectivity index (χ1n) is 5.87. The van der Waals surface area contributed by atoms with Gasteiger partial charge in [0.1, 0.15) is 5.82 Å². The molecular formula is C13H12FN3O3. The fourth-order valence-corrected chi connectivity index (χ4v) is 1.68. The second-order valence-corrected chi connectivity index (χ2v) is 4.06. The molecule has 0 saturated carbocycles. The molecule has 6 nitrogen and oxygen atoms in total. The van der Waals surface area contributed by atoms with Crippen molar-refractivity contribution in [1.29, 1.82) is 0 Å². The number of imidazole rings is 1. The van der Waals surface area contributed by atoms with Crippen molar-refractivity contribution >= 4 is 11.9 Å². The van der Waals surface area contributed by atoms with Crippen molar-refractivity contribution in [2.45, 2.75) is 6.42 Å². The average molecular weight is 277 g/mol. The van der Waals surface area contributed by atoms with Gasteiger partial charge in [0.2, 0.25) is 0 Å². The molecule has 0 aliphatic heterocycles. The van der Waals surface area contributed by atoms with Gasteiger partial charge in [-0.3, -0.25) is 4.79 Å². The van der Waals surface area contributed by atoms with Crippen LogP contribution < -0.4 is 5.32 Å². The number of halogens is 1. The van der Waals surface area contributed by atoms with Crippen LogP contribution in [0.4, 0.5) is 4.39 Å². The van der Waals surface area contributed by atoms with E-state index < -0.39 is 11.9 Å². The third-order valence-electron chi connectivity index (χ3n) is 2.68. The number of aromatic nitrogens is 2. The number of rotatable bonds is 5. The Morgan fingerprint density at radius 3 is 2.65 bits per heavy atom. The zero-order valence-electron chi connectivity index (χ0n) is 10.4. The van der Waals surface area contributed by atoms with Crippen molar-refractivity contribution < 1.29 is 19.1 Å². The Labute approximate surface area is 113 Å². The van der Waals surface area contributed by atoms with Crippen molar-refractivity contribution in [3.63, 3.8) is 0 Å². The molecular weight excluding hydrogens is 265 g/mol. The lowest BCUT2D eigenvalue weighted by molar-refractivity contribution is 0.0685. The summed E-state index contributed by atoms with van der Waals surface area (Å²) < 4.78 is 12.7. The molecule has 1 amide bonds. The van der Waals surface area contributed by atoms with Crippen LogP contribution in [0.15, 0.2) is 30.6 Å². The Morgan fingerprint density at radius 2 is 2.00 bits per heavy atom. The third kappa shape index (κ3) is 3.19. The Kier molecular flexibility index (Phi) is 4.09. The lowest BCUT2D eigenvalue weighted by Crippen LogP contribution is -2.27. The molecule has 0 radical (unpaired) electrons. The highest BCUT2D eigenvalue weighted by atomic mass is 19.1. The van der Waals surface area contributed by atoms with Crippen molar-refractivity contribution in [2.75, 3.05) is 6.54 Å². The third-order valence-corrected chi connectivity index (χ3v) is 2.68. The fraction of sp³-hybridized carbons (Fsp3) is 0.154. The number of nitrogens with one attached hydrogen (secondary N) is 2. The van der Waals surface area contributed by atoms with Gasteiger partial charge in [-0.15, -0.1) is 0 Å². The number of aromatic carboxylic acids is 1. The molecule has 104 valence electrons. The zero-order chi connectivity index (χ0) is 14.5. The average Bonchev–Trinajstić information content (AvgIpc) is 2.90. The largest absolute Gasteiger partial charge is 0.477 e. The van der Waals surface area contributed by atoms with Crippen LogP contribution in [-0.4, -0.2) is 33.5 Å². The summed E-state index contributed by atoms with van der Waals surface area (Å²) in [4.78, 5) is 28.7. The van der Waals surface area contributed by atoms with E-state index in [9.17, 15) is 14.0 Å². The molecule has 2 aromatic rings. The van der Waals surface area contributed by atoms with Crippen molar-refractivity contribution in [1.82, 2.24) is 15.3 Å². The number of aromatic amines is 1. The minimum atomic E-state index is -1.24. The Bertz CT molecular complexity index is 622. The number of carbonyl (C=O) groups excluding carboxylic acids is 1. The van der Waals surface area contributed by atoms with Gasteiger partial charge in [-0.1, -0.05) is 12.1 Å². The molecule has 0 aliphatic rings. The van der Waals surface area contributed by atoms with Crippen LogP contribution in [0, 0.1) is 5.82 Å². The Balaban J connectivity index is 1.91. The van der Waals surface area contributed by atoms with E-state index in [1.54, 1.807) is 12.1 Å². The van der Waals surface area contributed by atoms with E-state index in [2.05, 4.69) is 15.3 Å². The smallest absolute Gasteiger partial charge is 0.354 e. The van der Waals surface area contributed by atoms with Gasteiger partial charge in [-0.05, 0) is 24.1 Å². The summed E-state index contributed by atoms with van der Waals surface area (Å²) in [5, 5.41) is 11.4. The van der Waals surface area contributed by atoms with Gasteiger partial charge in [0, 0.05) is 6.54 Å². The van der Waals surface area contributed by atoms with Crippen LogP contribution in [0.3, 0.4) is 0 Å². The predicted octanol–water partition coefficient (Wildman–Crippen LogP) is 1.22. The van der Waals surface area contributed by atoms with Crippen molar-refractivity contribution in [2.24, 2.45) is 0 Å². The van der Waals surface area contributed by atoms with Crippen molar-refractivity contribution in [3.05, 3.63) is 53.4 Å². The van der Waals surface area contributed by atoms with Gasteiger partial charge in [0.05, 0.1) is 6.33 Å². The summed E-state index contributed by atoms with van der Waals surface area (Å²) in [6, 6.07) is 5.93. The van der Waals surface area contributed by atoms with Gasteiger partial charge in [-0.2, -0.15) is 0 Å². The van der Waals surface area contributed by atoms with E-state index in [-0.39, 0.29) is 17.2 Å². The maximum absolute atomic E-state index is 12.7. The molecule has 2 rings (SSSR count). The van der Waals surface area contributed by atoms with Crippen LogP contribution >= 0.6 is 0 Å². The van der Waals surface area contributed by atoms with Crippen LogP contribution in [-0.2, 0) is 6.42 Å². The molecule has 0 fully saturated rings. The summed E-state index contributed by atoms with van der Waals surface area (Å²) in [5.74, 6) is -2.13. The van der Waals surface area contributed by atoms with Gasteiger partial charge < -0.3 is 15.4 Å². The maximum atomic E-state index is 12.7. The predicted molar refractivity (Wildman–Crippen MR) is 68.0 cm³/mol. The summed E-state index contributed by atoms with van der Waals surface area (Å²) in [7, 11) is 0. The van der Waals surface area contributed by atoms with E-state index >= 15 is 0 Å². The Hall–Kier alpha value is -2.70. The number of hydrogen-bond donors (Lipinski definition) is 3. The summed E-state index contributed by atoms with van der Waals surface area (Å²) in [6.07, 6.45) is 1.66. The van der Waals surface area contributed by atoms with Gasteiger partial charge in [0.25, 0.3) is 5.91 Å². The van der Waals surface area contributed by atoms with Gasteiger partial charge in [-0.25, -0.2) is 14.2 Å². The highest BCUT2D eigenvalue weighted by Crippen LogP contribution is 2.04.